The van der Waals surface area contributed by atoms with Gasteiger partial charge in [-0.3, -0.25) is 24.1 Å². The smallest absolute Gasteiger partial charge is 0.277 e. The van der Waals surface area contributed by atoms with E-state index in [0.29, 0.717) is 283 Å². The van der Waals surface area contributed by atoms with Crippen LogP contribution in [0, 0.1) is 20.8 Å². The standard InChI is InChI=1S/C23H32N6O5S.2C23H32N6O4S.C21H27N5O5S/c1-4-6-20-24-16(3)21-23(31)25-22(26-29(20)21)18-15-17(7-8-19(18)34-5-2)35(32,33)28-11-9-27(10-12-28)13-14-30;1-5-8-20-24-18(6-2)21-23(30)25-22(26-29(20)21)17-15-16(9-10-19(17)33-7-3)34(31,32)28-13-11-27(4)12-14-28;1-5-8-20-24-16(4)21-23(30)25-22(26-29(20)21)18-15-17(9-10-19(18)33-7-3)34(31,32)28-13-11-27(6-2)12-14-28;1-4-6-18-22-14(3)19-21(27)23-20(24-26(18)19)16-13-15(7-8-17(16)31-5-2)32(28,29)25-9-11-30-12-10-25/h7-8,15,30H,4-6,9-14H2,1-3H3,(H,25,26,31);2*9-10,15H,5-8,11-14H2,1-4H3,(H,25,26,30);7-8,13H,4-6,9-12H2,1-3H3,(H,23,24,27). The average Bonchev–Trinajstić information content (AvgIpc) is 1.70. The Hall–Kier alpha value is -11.1. The van der Waals surface area contributed by atoms with Crippen molar-refractivity contribution in [3.63, 3.8) is 0 Å². The number of aliphatic hydroxyl groups is 1. The van der Waals surface area contributed by atoms with Gasteiger partial charge in [-0.2, -0.15) is 17.2 Å². The second-order valence-corrected chi connectivity index (χ2v) is 40.6. The summed E-state index contributed by atoms with van der Waals surface area (Å²) in [5.74, 6) is 5.45. The molecule has 730 valence electrons. The number of ether oxygens (including phenoxy) is 5. The number of piperazine rings is 3. The molecule has 0 aliphatic carbocycles. The van der Waals surface area contributed by atoms with Crippen LogP contribution in [0.2, 0.25) is 0 Å². The number of benzene rings is 4. The fourth-order valence-corrected chi connectivity index (χ4v) is 22.5. The average molecular weight is 1940 g/mol. The molecule has 8 aromatic heterocycles. The first-order valence-corrected chi connectivity index (χ1v) is 51.9. The van der Waals surface area contributed by atoms with Crippen molar-refractivity contribution in [3.05, 3.63) is 160 Å². The molecule has 5 N–H and O–H groups in total. The number of fused-ring (bicyclic) bond motifs is 4. The Bertz CT molecular complexity index is 6980. The Labute approximate surface area is 784 Å². The Kier molecular flexibility index (Phi) is 33.3. The van der Waals surface area contributed by atoms with E-state index in [-0.39, 0.29) is 71.7 Å². The van der Waals surface area contributed by atoms with Crippen LogP contribution in [0.15, 0.2) is 112 Å². The molecular weight excluding hydrogens is 1820 g/mol. The van der Waals surface area contributed by atoms with Crippen molar-refractivity contribution in [3.8, 4) is 68.5 Å². The lowest BCUT2D eigenvalue weighted by Crippen LogP contribution is -2.49. The molecule has 0 saturated carbocycles. The van der Waals surface area contributed by atoms with Gasteiger partial charge in [-0.15, -0.1) is 20.4 Å². The third-order valence-corrected chi connectivity index (χ3v) is 31.2. The number of imidazole rings is 4. The van der Waals surface area contributed by atoms with Crippen LogP contribution in [-0.2, 0) is 76.9 Å². The van der Waals surface area contributed by atoms with E-state index >= 15 is 0 Å². The third kappa shape index (κ3) is 22.0. The summed E-state index contributed by atoms with van der Waals surface area (Å²) >= 11 is 0. The number of morpholine rings is 1. The van der Waals surface area contributed by atoms with Crippen molar-refractivity contribution in [2.45, 2.75) is 167 Å². The number of aliphatic hydroxyl groups excluding tert-OH is 1. The van der Waals surface area contributed by atoms with Crippen LogP contribution in [0.5, 0.6) is 23.0 Å². The number of hydrogen-bond acceptors (Lipinski definition) is 29. The maximum absolute atomic E-state index is 13.4. The van der Waals surface area contributed by atoms with E-state index in [4.69, 9.17) is 28.8 Å². The van der Waals surface area contributed by atoms with Crippen molar-refractivity contribution in [2.24, 2.45) is 0 Å². The number of sulfonamides is 4. The monoisotopic (exact) mass is 1940 g/mol. The maximum Gasteiger partial charge on any atom is 0.277 e. The van der Waals surface area contributed by atoms with Crippen molar-refractivity contribution >= 4 is 62.2 Å². The molecule has 0 amide bonds. The first-order valence-electron chi connectivity index (χ1n) is 46.1. The molecule has 41 nitrogen and oxygen atoms in total. The number of aromatic amines is 4. The summed E-state index contributed by atoms with van der Waals surface area (Å²) in [6.45, 7) is 35.4. The lowest BCUT2D eigenvalue weighted by atomic mass is 10.2. The number of hydrogen-bond donors (Lipinski definition) is 5. The maximum atomic E-state index is 13.4. The first-order chi connectivity index (χ1) is 64.7. The number of aryl methyl sites for hydroxylation is 8. The Morgan fingerprint density at radius 1 is 0.363 bits per heavy atom. The third-order valence-electron chi connectivity index (χ3n) is 23.6. The van der Waals surface area contributed by atoms with Crippen LogP contribution < -0.4 is 41.2 Å². The van der Waals surface area contributed by atoms with E-state index in [0.717, 1.165) is 32.2 Å². The summed E-state index contributed by atoms with van der Waals surface area (Å²) in [7, 11) is -12.9. The van der Waals surface area contributed by atoms with E-state index in [1.807, 2.05) is 74.3 Å². The highest BCUT2D eigenvalue weighted by molar-refractivity contribution is 7.90. The van der Waals surface area contributed by atoms with E-state index < -0.39 is 40.1 Å². The summed E-state index contributed by atoms with van der Waals surface area (Å²) in [5, 5.41) is 27.7. The van der Waals surface area contributed by atoms with Crippen LogP contribution in [-0.4, -0.2) is 307 Å². The number of H-pyrrole nitrogens is 4. The number of β-amino-alcohol motifs (C(OH)–C–C–N with tert-alkyl or cyclic N) is 1. The minimum absolute atomic E-state index is 0.0426. The van der Waals surface area contributed by atoms with Gasteiger partial charge < -0.3 is 58.5 Å². The Morgan fingerprint density at radius 3 is 0.919 bits per heavy atom. The molecule has 45 heteroatoms. The van der Waals surface area contributed by atoms with Gasteiger partial charge in [0.15, 0.2) is 45.4 Å². The van der Waals surface area contributed by atoms with E-state index in [1.54, 1.807) is 87.4 Å². The highest BCUT2D eigenvalue weighted by Gasteiger charge is 2.36. The molecule has 0 unspecified atom stereocenters. The minimum atomic E-state index is -3.78. The summed E-state index contributed by atoms with van der Waals surface area (Å²) in [5.41, 5.74) is 4.36. The molecule has 12 aromatic rings. The van der Waals surface area contributed by atoms with Gasteiger partial charge in [0.2, 0.25) is 40.1 Å². The van der Waals surface area contributed by atoms with Crippen LogP contribution in [0.1, 0.15) is 141 Å². The predicted molar refractivity (Wildman–Crippen MR) is 509 cm³/mol. The highest BCUT2D eigenvalue weighted by atomic mass is 32.2. The summed E-state index contributed by atoms with van der Waals surface area (Å²) in [6, 6.07) is 18.7. The summed E-state index contributed by atoms with van der Waals surface area (Å²) < 4.78 is 147. The van der Waals surface area contributed by atoms with E-state index in [9.17, 15) is 52.8 Å². The van der Waals surface area contributed by atoms with Crippen molar-refractivity contribution < 1.29 is 62.5 Å². The second kappa shape index (κ2) is 44.4. The van der Waals surface area contributed by atoms with Crippen LogP contribution in [0.25, 0.3) is 67.6 Å². The van der Waals surface area contributed by atoms with Gasteiger partial charge in [-0.1, -0.05) is 41.5 Å². The van der Waals surface area contributed by atoms with Crippen LogP contribution in [0.3, 0.4) is 0 Å². The molecule has 0 radical (unpaired) electrons. The van der Waals surface area contributed by atoms with Gasteiger partial charge in [-0.25, -0.2) is 71.7 Å². The summed E-state index contributed by atoms with van der Waals surface area (Å²) in [4.78, 5) is 88.0. The predicted octanol–water partition coefficient (Wildman–Crippen LogP) is 6.81. The first kappa shape index (κ1) is 101. The lowest BCUT2D eigenvalue weighted by Gasteiger charge is -2.33. The quantitative estimate of drug-likeness (QED) is 0.0289. The molecule has 16 rings (SSSR count). The van der Waals surface area contributed by atoms with Crippen molar-refractivity contribution in [1.82, 2.24) is 110 Å². The van der Waals surface area contributed by atoms with Gasteiger partial charge in [0.1, 0.15) is 46.3 Å². The lowest BCUT2D eigenvalue weighted by molar-refractivity contribution is 0.0730. The molecule has 135 heavy (non-hydrogen) atoms. The van der Waals surface area contributed by atoms with Crippen molar-refractivity contribution in [1.29, 1.82) is 0 Å². The SMILES string of the molecule is CCCc1nc(C)c2c(=O)[nH]c(-c3cc(S(=O)(=O)N4CCN(CC)CC4)ccc3OCC)nn12.CCCc1nc(C)c2c(=O)[nH]c(-c3cc(S(=O)(=O)N4CCN(CCO)CC4)ccc3OCC)nn12.CCCc1nc(C)c2c(=O)[nH]c(-c3cc(S(=O)(=O)N4CCOCC4)ccc3OCC)nn12.CCCc1nc(CC)c2c(=O)[nH]c(-c3cc(S(=O)(=O)N4CCN(C)CC4)ccc3OCC)nn12. The number of nitrogens with one attached hydrogen (secondary N) is 4. The zero-order valence-electron chi connectivity index (χ0n) is 79.1. The zero-order valence-corrected chi connectivity index (χ0v) is 82.3. The number of nitrogens with zero attached hydrogens (tertiary/aromatic N) is 19. The Morgan fingerprint density at radius 2 is 0.637 bits per heavy atom. The van der Waals surface area contributed by atoms with Gasteiger partial charge in [-0.05, 0) is 167 Å². The molecule has 4 aromatic carbocycles. The normalized spacial score (nSPS) is 15.6. The largest absolute Gasteiger partial charge is 0.493 e. The van der Waals surface area contributed by atoms with E-state index in [1.165, 1.54) is 41.5 Å². The molecule has 0 spiro atoms. The Balaban J connectivity index is 0.000000153. The molecule has 0 atom stereocenters. The van der Waals surface area contributed by atoms with Gasteiger partial charge >= 0.3 is 0 Å². The molecule has 4 saturated heterocycles. The van der Waals surface area contributed by atoms with Crippen LogP contribution in [0.4, 0.5) is 0 Å². The van der Waals surface area contributed by atoms with Gasteiger partial charge in [0.05, 0.1) is 111 Å². The van der Waals surface area contributed by atoms with Gasteiger partial charge in [0.25, 0.3) is 22.2 Å². The molecule has 12 heterocycles. The molecule has 4 fully saturated rings. The highest BCUT2D eigenvalue weighted by Crippen LogP contribution is 2.38. The molecular formula is C90H123N23O18S4. The molecule has 0 bridgehead atoms. The minimum Gasteiger partial charge on any atom is -0.493 e. The zero-order chi connectivity index (χ0) is 97.0. The second-order valence-electron chi connectivity index (χ2n) is 32.8. The number of likely N-dealkylation sites (N-methyl/N-ethyl adjacent to an activating group) is 2. The number of aromatic nitrogens is 16. The van der Waals surface area contributed by atoms with Crippen LogP contribution >= 0.6 is 0 Å². The topological polar surface area (TPSA) is 478 Å². The molecule has 4 aliphatic rings. The van der Waals surface area contributed by atoms with Gasteiger partial charge in [0, 0.05) is 124 Å². The van der Waals surface area contributed by atoms with E-state index in [2.05, 4.69) is 77.0 Å². The number of rotatable bonds is 32. The molecule has 4 aliphatic heterocycles. The fourth-order valence-electron chi connectivity index (χ4n) is 16.7. The fraction of sp³-hybridized carbons (Fsp3) is 0.511. The summed E-state index contributed by atoms with van der Waals surface area (Å²) in [6.07, 6.45) is 6.66. The van der Waals surface area contributed by atoms with Crippen molar-refractivity contribution in [2.75, 3.05) is 158 Å².